The van der Waals surface area contributed by atoms with Gasteiger partial charge in [-0.05, 0) is 42.0 Å². The summed E-state index contributed by atoms with van der Waals surface area (Å²) in [6, 6.07) is 8.91. The fraction of sp³-hybridized carbons (Fsp3) is 0.0714. The first kappa shape index (κ1) is 16.4. The first-order valence-corrected chi connectivity index (χ1v) is 7.98. The normalized spacial score (nSPS) is 12.8. The molecule has 0 aliphatic heterocycles. The Morgan fingerprint density at radius 3 is 2.14 bits per heavy atom. The molecule has 2 aromatic carbocycles. The molecule has 0 bridgehead atoms. The van der Waals surface area contributed by atoms with E-state index in [0.29, 0.717) is 5.02 Å². The van der Waals surface area contributed by atoms with Crippen molar-refractivity contribution in [2.75, 3.05) is 0 Å². The van der Waals surface area contributed by atoms with E-state index in [4.69, 9.17) is 17.3 Å². The third-order valence-electron chi connectivity index (χ3n) is 2.88. The van der Waals surface area contributed by atoms with Crippen LogP contribution < -0.4 is 10.5 Å². The van der Waals surface area contributed by atoms with Crippen molar-refractivity contribution in [1.82, 2.24) is 4.72 Å². The van der Waals surface area contributed by atoms with Gasteiger partial charge in [0.15, 0.2) is 0 Å². The monoisotopic (exact) mass is 342 g/mol. The highest BCUT2D eigenvalue weighted by Gasteiger charge is 2.25. The third-order valence-corrected chi connectivity index (χ3v) is 4.58. The summed E-state index contributed by atoms with van der Waals surface area (Å²) in [7, 11) is -3.98. The summed E-state index contributed by atoms with van der Waals surface area (Å²) in [6.45, 7) is 0. The van der Waals surface area contributed by atoms with Crippen molar-refractivity contribution in [3.8, 4) is 0 Å². The molecule has 1 atom stereocenters. The zero-order chi connectivity index (χ0) is 16.3. The summed E-state index contributed by atoms with van der Waals surface area (Å²) in [5.41, 5.74) is 5.48. The molecule has 8 heteroatoms. The number of carbonyl (C=O) groups excluding carboxylic acids is 1. The van der Waals surface area contributed by atoms with Gasteiger partial charge in [-0.1, -0.05) is 23.7 Å². The van der Waals surface area contributed by atoms with Gasteiger partial charge in [0.2, 0.25) is 15.9 Å². The maximum atomic E-state index is 12.9. The largest absolute Gasteiger partial charge is 0.368 e. The molecule has 0 aliphatic rings. The zero-order valence-electron chi connectivity index (χ0n) is 11.2. The fourth-order valence-electron chi connectivity index (χ4n) is 1.78. The summed E-state index contributed by atoms with van der Waals surface area (Å²) in [5.74, 6) is -1.41. The number of sulfonamides is 1. The Balaban J connectivity index is 2.33. The van der Waals surface area contributed by atoms with Gasteiger partial charge in [-0.2, -0.15) is 4.72 Å². The highest BCUT2D eigenvalue weighted by atomic mass is 35.5. The number of carbonyl (C=O) groups is 1. The smallest absolute Gasteiger partial charge is 0.241 e. The molecule has 22 heavy (non-hydrogen) atoms. The van der Waals surface area contributed by atoms with Gasteiger partial charge in [0.25, 0.3) is 0 Å². The lowest BCUT2D eigenvalue weighted by Crippen LogP contribution is -2.37. The maximum absolute atomic E-state index is 12.9. The Bertz CT molecular complexity index is 777. The number of halogens is 2. The van der Waals surface area contributed by atoms with E-state index in [9.17, 15) is 17.6 Å². The first-order chi connectivity index (χ1) is 10.3. The Hall–Kier alpha value is -1.96. The van der Waals surface area contributed by atoms with Crippen molar-refractivity contribution >= 4 is 27.5 Å². The third kappa shape index (κ3) is 3.82. The molecule has 0 aromatic heterocycles. The Morgan fingerprint density at radius 2 is 1.64 bits per heavy atom. The van der Waals surface area contributed by atoms with E-state index in [2.05, 4.69) is 4.72 Å². The van der Waals surface area contributed by atoms with Crippen molar-refractivity contribution < 1.29 is 17.6 Å². The molecule has 0 unspecified atom stereocenters. The number of nitrogens with two attached hydrogens (primary N) is 1. The molecule has 0 heterocycles. The van der Waals surface area contributed by atoms with Crippen LogP contribution in [0.5, 0.6) is 0 Å². The summed E-state index contributed by atoms with van der Waals surface area (Å²) in [6.07, 6.45) is 0. The molecular weight excluding hydrogens is 331 g/mol. The molecule has 5 nitrogen and oxygen atoms in total. The van der Waals surface area contributed by atoms with E-state index in [1.807, 2.05) is 0 Å². The topological polar surface area (TPSA) is 89.3 Å². The average Bonchev–Trinajstić information content (AvgIpc) is 2.46. The van der Waals surface area contributed by atoms with Gasteiger partial charge < -0.3 is 5.73 Å². The van der Waals surface area contributed by atoms with Crippen molar-refractivity contribution in [2.24, 2.45) is 5.73 Å². The van der Waals surface area contributed by atoms with Crippen LogP contribution in [0.2, 0.25) is 5.02 Å². The second-order valence-electron chi connectivity index (χ2n) is 4.46. The number of rotatable bonds is 5. The van der Waals surface area contributed by atoms with Gasteiger partial charge in [0, 0.05) is 5.02 Å². The minimum Gasteiger partial charge on any atom is -0.368 e. The fourth-order valence-corrected chi connectivity index (χ4v) is 3.10. The predicted octanol–water partition coefficient (Wildman–Crippen LogP) is 1.98. The second kappa shape index (κ2) is 6.43. The lowest BCUT2D eigenvalue weighted by Gasteiger charge is -2.16. The molecule has 2 rings (SSSR count). The summed E-state index contributed by atoms with van der Waals surface area (Å²) in [4.78, 5) is 11.5. The number of hydrogen-bond acceptors (Lipinski definition) is 3. The number of nitrogens with one attached hydrogen (secondary N) is 1. The van der Waals surface area contributed by atoms with Crippen molar-refractivity contribution in [3.05, 3.63) is 64.9 Å². The van der Waals surface area contributed by atoms with Crippen molar-refractivity contribution in [1.29, 1.82) is 0 Å². The molecule has 116 valence electrons. The van der Waals surface area contributed by atoms with E-state index in [1.165, 1.54) is 36.4 Å². The maximum Gasteiger partial charge on any atom is 0.241 e. The number of hydrogen-bond donors (Lipinski definition) is 2. The Morgan fingerprint density at radius 1 is 1.09 bits per heavy atom. The lowest BCUT2D eigenvalue weighted by atomic mass is 10.1. The van der Waals surface area contributed by atoms with E-state index in [0.717, 1.165) is 12.1 Å². The molecular formula is C14H12ClFN2O3S. The quantitative estimate of drug-likeness (QED) is 0.870. The SMILES string of the molecule is NC(=O)[C@H](NS(=O)(=O)c1ccc(Cl)cc1)c1ccc(F)cc1. The van der Waals surface area contributed by atoms with Crippen molar-refractivity contribution in [2.45, 2.75) is 10.9 Å². The Kier molecular flexibility index (Phi) is 4.80. The second-order valence-corrected chi connectivity index (χ2v) is 6.61. The van der Waals surface area contributed by atoms with Crippen LogP contribution in [0.15, 0.2) is 53.4 Å². The molecule has 0 fully saturated rings. The zero-order valence-corrected chi connectivity index (χ0v) is 12.7. The van der Waals surface area contributed by atoms with Gasteiger partial charge in [-0.3, -0.25) is 4.79 Å². The minimum atomic E-state index is -3.98. The standard InChI is InChI=1S/C14H12ClFN2O3S/c15-10-3-7-12(8-4-10)22(20,21)18-13(14(17)19)9-1-5-11(16)6-2-9/h1-8,13,18H,(H2,17,19)/t13-/m1/s1. The molecule has 2 aromatic rings. The van der Waals surface area contributed by atoms with Crippen molar-refractivity contribution in [3.63, 3.8) is 0 Å². The van der Waals surface area contributed by atoms with E-state index in [-0.39, 0.29) is 10.5 Å². The predicted molar refractivity (Wildman–Crippen MR) is 80.1 cm³/mol. The van der Waals surface area contributed by atoms with Crippen LogP contribution in [0.25, 0.3) is 0 Å². The van der Waals surface area contributed by atoms with Crippen LogP contribution in [0.1, 0.15) is 11.6 Å². The summed E-state index contributed by atoms with van der Waals surface area (Å²) in [5, 5.41) is 0.379. The van der Waals surface area contributed by atoms with Crippen LogP contribution in [0.4, 0.5) is 4.39 Å². The van der Waals surface area contributed by atoms with Crippen LogP contribution >= 0.6 is 11.6 Å². The number of benzene rings is 2. The minimum absolute atomic E-state index is 0.0646. The average molecular weight is 343 g/mol. The van der Waals surface area contributed by atoms with E-state index >= 15 is 0 Å². The van der Waals surface area contributed by atoms with Gasteiger partial charge in [-0.15, -0.1) is 0 Å². The van der Waals surface area contributed by atoms with Gasteiger partial charge in [0.05, 0.1) is 4.90 Å². The Labute approximate surface area is 131 Å². The lowest BCUT2D eigenvalue weighted by molar-refractivity contribution is -0.119. The number of primary amides is 1. The summed E-state index contributed by atoms with van der Waals surface area (Å²) < 4.78 is 39.6. The first-order valence-electron chi connectivity index (χ1n) is 6.12. The van der Waals surface area contributed by atoms with Gasteiger partial charge >= 0.3 is 0 Å². The van der Waals surface area contributed by atoms with E-state index < -0.39 is 27.8 Å². The van der Waals surface area contributed by atoms with Crippen LogP contribution in [-0.4, -0.2) is 14.3 Å². The van der Waals surface area contributed by atoms with Crippen LogP contribution in [-0.2, 0) is 14.8 Å². The summed E-state index contributed by atoms with van der Waals surface area (Å²) >= 11 is 5.70. The highest BCUT2D eigenvalue weighted by Crippen LogP contribution is 2.19. The molecule has 0 saturated carbocycles. The van der Waals surface area contributed by atoms with Crippen LogP contribution in [0.3, 0.4) is 0 Å². The molecule has 3 N–H and O–H groups in total. The molecule has 0 spiro atoms. The molecule has 0 aliphatic carbocycles. The molecule has 1 amide bonds. The van der Waals surface area contributed by atoms with Crippen LogP contribution in [0, 0.1) is 5.82 Å². The highest BCUT2D eigenvalue weighted by molar-refractivity contribution is 7.89. The van der Waals surface area contributed by atoms with Gasteiger partial charge in [-0.25, -0.2) is 12.8 Å². The van der Waals surface area contributed by atoms with E-state index in [1.54, 1.807) is 0 Å². The molecule has 0 saturated heterocycles. The number of amides is 1. The van der Waals surface area contributed by atoms with Gasteiger partial charge in [0.1, 0.15) is 11.9 Å². The molecule has 0 radical (unpaired) electrons.